The third kappa shape index (κ3) is 1.78. The molecule has 0 aromatic carbocycles. The molecular weight excluding hydrogens is 218 g/mol. The molecule has 0 saturated heterocycles. The van der Waals surface area contributed by atoms with Crippen molar-refractivity contribution in [3.63, 3.8) is 0 Å². The fourth-order valence-electron chi connectivity index (χ4n) is 2.10. The number of pyridine rings is 1. The summed E-state index contributed by atoms with van der Waals surface area (Å²) in [6.07, 6.45) is 4.12. The van der Waals surface area contributed by atoms with E-state index in [1.54, 1.807) is 0 Å². The minimum absolute atomic E-state index is 0.403. The lowest BCUT2D eigenvalue weighted by Crippen LogP contribution is -2.05. The zero-order valence-corrected chi connectivity index (χ0v) is 10.8. The first kappa shape index (κ1) is 11.3. The minimum atomic E-state index is 0.403. The summed E-state index contributed by atoms with van der Waals surface area (Å²) in [6, 6.07) is 2.41. The van der Waals surface area contributed by atoms with Gasteiger partial charge < -0.3 is 4.98 Å². The van der Waals surface area contributed by atoms with E-state index in [4.69, 9.17) is 12.2 Å². The van der Waals surface area contributed by atoms with Gasteiger partial charge in [0, 0.05) is 12.2 Å². The molecule has 0 bridgehead atoms. The number of fused-ring (bicyclic) bond motifs is 1. The summed E-state index contributed by atoms with van der Waals surface area (Å²) >= 11 is 5.37. The summed E-state index contributed by atoms with van der Waals surface area (Å²) < 4.78 is 2.90. The number of H-pyrrole nitrogens is 1. The first-order chi connectivity index (χ1) is 7.65. The van der Waals surface area contributed by atoms with Crippen LogP contribution in [0.15, 0.2) is 12.3 Å². The Morgan fingerprint density at radius 1 is 1.56 bits per heavy atom. The van der Waals surface area contributed by atoms with Gasteiger partial charge in [0.25, 0.3) is 0 Å². The van der Waals surface area contributed by atoms with Crippen molar-refractivity contribution >= 4 is 23.4 Å². The van der Waals surface area contributed by atoms with Gasteiger partial charge in [0.15, 0.2) is 10.4 Å². The molecule has 0 aliphatic rings. The quantitative estimate of drug-likeness (QED) is 0.822. The summed E-state index contributed by atoms with van der Waals surface area (Å²) in [5.74, 6) is 0. The number of hydrogen-bond donors (Lipinski definition) is 1. The Bertz CT molecular complexity index is 553. The lowest BCUT2D eigenvalue weighted by molar-refractivity contribution is 0.505. The first-order valence-electron chi connectivity index (χ1n) is 5.71. The summed E-state index contributed by atoms with van der Waals surface area (Å²) in [4.78, 5) is 7.68. The van der Waals surface area contributed by atoms with E-state index in [1.165, 1.54) is 5.56 Å². The van der Waals surface area contributed by atoms with E-state index in [1.807, 2.05) is 12.3 Å². The first-order valence-corrected chi connectivity index (χ1v) is 6.11. The topological polar surface area (TPSA) is 33.6 Å². The number of rotatable bonds is 3. The summed E-state index contributed by atoms with van der Waals surface area (Å²) in [6.45, 7) is 6.45. The predicted octanol–water partition coefficient (Wildman–Crippen LogP) is 3.76. The Morgan fingerprint density at radius 3 is 3.00 bits per heavy atom. The van der Waals surface area contributed by atoms with Crippen molar-refractivity contribution in [2.45, 2.75) is 39.7 Å². The Hall–Kier alpha value is -1.16. The molecule has 0 aliphatic carbocycles. The van der Waals surface area contributed by atoms with E-state index >= 15 is 0 Å². The molecule has 1 N–H and O–H groups in total. The lowest BCUT2D eigenvalue weighted by Gasteiger charge is -2.12. The number of hydrogen-bond acceptors (Lipinski definition) is 2. The van der Waals surface area contributed by atoms with E-state index in [0.29, 0.717) is 6.04 Å². The molecular formula is C12H17N3S. The second-order valence-corrected chi connectivity index (χ2v) is 4.65. The summed E-state index contributed by atoms with van der Waals surface area (Å²) in [7, 11) is 0. The highest BCUT2D eigenvalue weighted by Gasteiger charge is 2.12. The summed E-state index contributed by atoms with van der Waals surface area (Å²) in [5, 5.41) is 0. The number of aromatic nitrogens is 3. The molecule has 2 aromatic heterocycles. The van der Waals surface area contributed by atoms with Crippen molar-refractivity contribution in [1.29, 1.82) is 0 Å². The monoisotopic (exact) mass is 235 g/mol. The second-order valence-electron chi connectivity index (χ2n) is 4.26. The van der Waals surface area contributed by atoms with E-state index in [-0.39, 0.29) is 0 Å². The molecule has 4 heteroatoms. The maximum absolute atomic E-state index is 5.37. The molecule has 16 heavy (non-hydrogen) atoms. The molecule has 2 aromatic rings. The Balaban J connectivity index is 2.65. The molecule has 1 atom stereocenters. The average Bonchev–Trinajstić information content (AvgIpc) is 2.56. The van der Waals surface area contributed by atoms with Gasteiger partial charge in [0.05, 0.1) is 5.52 Å². The minimum Gasteiger partial charge on any atom is -0.329 e. The van der Waals surface area contributed by atoms with Crippen molar-refractivity contribution in [2.75, 3.05) is 0 Å². The SMILES string of the molecule is CCCC(C)n1c(=S)[nH]c2c(C)ccnc21. The molecule has 2 heterocycles. The molecule has 1 unspecified atom stereocenters. The highest BCUT2D eigenvalue weighted by atomic mass is 32.1. The van der Waals surface area contributed by atoms with Crippen LogP contribution in [0.3, 0.4) is 0 Å². The van der Waals surface area contributed by atoms with Gasteiger partial charge >= 0.3 is 0 Å². The highest BCUT2D eigenvalue weighted by molar-refractivity contribution is 7.71. The van der Waals surface area contributed by atoms with Crippen LogP contribution in [0.2, 0.25) is 0 Å². The molecule has 0 radical (unpaired) electrons. The summed E-state index contributed by atoms with van der Waals surface area (Å²) in [5.41, 5.74) is 3.24. The van der Waals surface area contributed by atoms with Crippen molar-refractivity contribution in [2.24, 2.45) is 0 Å². The molecule has 3 nitrogen and oxygen atoms in total. The molecule has 2 rings (SSSR count). The molecule has 86 valence electrons. The number of imidazole rings is 1. The maximum atomic E-state index is 5.37. The van der Waals surface area contributed by atoms with Crippen LogP contribution in [-0.2, 0) is 0 Å². The smallest absolute Gasteiger partial charge is 0.179 e. The van der Waals surface area contributed by atoms with Crippen LogP contribution in [0, 0.1) is 11.7 Å². The fourth-order valence-corrected chi connectivity index (χ4v) is 2.47. The number of aromatic amines is 1. The molecule has 0 fully saturated rings. The third-order valence-electron chi connectivity index (χ3n) is 2.97. The Kier molecular flexibility index (Phi) is 3.10. The van der Waals surface area contributed by atoms with Crippen LogP contribution >= 0.6 is 12.2 Å². The van der Waals surface area contributed by atoms with Crippen molar-refractivity contribution in [3.8, 4) is 0 Å². The second kappa shape index (κ2) is 4.37. The van der Waals surface area contributed by atoms with Gasteiger partial charge in [0.2, 0.25) is 0 Å². The number of nitrogens with one attached hydrogen (secondary N) is 1. The maximum Gasteiger partial charge on any atom is 0.179 e. The van der Waals surface area contributed by atoms with E-state index in [0.717, 1.165) is 28.8 Å². The van der Waals surface area contributed by atoms with Crippen LogP contribution in [-0.4, -0.2) is 14.5 Å². The number of nitrogens with zero attached hydrogens (tertiary/aromatic N) is 2. The third-order valence-corrected chi connectivity index (χ3v) is 3.26. The van der Waals surface area contributed by atoms with Gasteiger partial charge in [0.1, 0.15) is 0 Å². The molecule has 0 aliphatic heterocycles. The average molecular weight is 235 g/mol. The van der Waals surface area contributed by atoms with Crippen LogP contribution in [0.25, 0.3) is 11.2 Å². The molecule has 0 amide bonds. The number of aryl methyl sites for hydroxylation is 1. The zero-order chi connectivity index (χ0) is 11.7. The van der Waals surface area contributed by atoms with Crippen molar-refractivity contribution in [3.05, 3.63) is 22.6 Å². The van der Waals surface area contributed by atoms with Crippen LogP contribution in [0.1, 0.15) is 38.3 Å². The highest BCUT2D eigenvalue weighted by Crippen LogP contribution is 2.22. The standard InChI is InChI=1S/C12H17N3S/c1-4-5-9(3)15-11-10(14-12(15)16)8(2)6-7-13-11/h6-7,9H,4-5H2,1-3H3,(H,14,16). The van der Waals surface area contributed by atoms with E-state index in [9.17, 15) is 0 Å². The predicted molar refractivity (Wildman–Crippen MR) is 69.3 cm³/mol. The van der Waals surface area contributed by atoms with E-state index in [2.05, 4.69) is 35.3 Å². The van der Waals surface area contributed by atoms with Crippen molar-refractivity contribution < 1.29 is 0 Å². The molecule has 0 spiro atoms. The van der Waals surface area contributed by atoms with Gasteiger partial charge in [-0.2, -0.15) is 0 Å². The largest absolute Gasteiger partial charge is 0.329 e. The van der Waals surface area contributed by atoms with Crippen LogP contribution in [0.4, 0.5) is 0 Å². The fraction of sp³-hybridized carbons (Fsp3) is 0.500. The van der Waals surface area contributed by atoms with Gasteiger partial charge in [-0.3, -0.25) is 4.57 Å². The zero-order valence-electron chi connectivity index (χ0n) is 9.95. The van der Waals surface area contributed by atoms with Gasteiger partial charge in [-0.1, -0.05) is 13.3 Å². The van der Waals surface area contributed by atoms with Gasteiger partial charge in [-0.15, -0.1) is 0 Å². The van der Waals surface area contributed by atoms with Gasteiger partial charge in [-0.05, 0) is 44.1 Å². The Morgan fingerprint density at radius 2 is 2.31 bits per heavy atom. The van der Waals surface area contributed by atoms with Crippen LogP contribution < -0.4 is 0 Å². The normalized spacial score (nSPS) is 13.2. The van der Waals surface area contributed by atoms with E-state index < -0.39 is 0 Å². The Labute approximate surface area is 101 Å². The van der Waals surface area contributed by atoms with Crippen molar-refractivity contribution in [1.82, 2.24) is 14.5 Å². The molecule has 0 saturated carbocycles. The van der Waals surface area contributed by atoms with Gasteiger partial charge in [-0.25, -0.2) is 4.98 Å². The van der Waals surface area contributed by atoms with Crippen LogP contribution in [0.5, 0.6) is 0 Å². The lowest BCUT2D eigenvalue weighted by atomic mass is 10.2.